The van der Waals surface area contributed by atoms with Crippen LogP contribution < -0.4 is 5.43 Å². The van der Waals surface area contributed by atoms with E-state index in [0.29, 0.717) is 22.1 Å². The topological polar surface area (TPSA) is 70.8 Å². The van der Waals surface area contributed by atoms with Gasteiger partial charge in [-0.3, -0.25) is 9.59 Å². The van der Waals surface area contributed by atoms with Crippen molar-refractivity contribution in [1.82, 2.24) is 4.90 Å². The normalized spacial score (nSPS) is 16.0. The van der Waals surface area contributed by atoms with Gasteiger partial charge in [-0.1, -0.05) is 24.3 Å². The van der Waals surface area contributed by atoms with E-state index in [1.54, 1.807) is 41.3 Å². The van der Waals surface area contributed by atoms with Crippen molar-refractivity contribution in [3.63, 3.8) is 0 Å². The van der Waals surface area contributed by atoms with Gasteiger partial charge in [0, 0.05) is 6.54 Å². The van der Waals surface area contributed by atoms with E-state index in [9.17, 15) is 14.7 Å². The van der Waals surface area contributed by atoms with E-state index in [4.69, 9.17) is 4.42 Å². The molecule has 5 nitrogen and oxygen atoms in total. The molecule has 3 aromatic rings. The van der Waals surface area contributed by atoms with Crippen molar-refractivity contribution in [1.29, 1.82) is 0 Å². The highest BCUT2D eigenvalue weighted by Gasteiger charge is 2.42. The predicted molar refractivity (Wildman–Crippen MR) is 103 cm³/mol. The van der Waals surface area contributed by atoms with Crippen LogP contribution in [0.3, 0.4) is 0 Å². The van der Waals surface area contributed by atoms with Crippen LogP contribution in [0.25, 0.3) is 11.0 Å². The van der Waals surface area contributed by atoms with Gasteiger partial charge in [-0.2, -0.15) is 0 Å². The lowest BCUT2D eigenvalue weighted by Gasteiger charge is -2.23. The van der Waals surface area contributed by atoms with Gasteiger partial charge in [0.1, 0.15) is 11.3 Å². The maximum atomic E-state index is 13.4. The highest BCUT2D eigenvalue weighted by Crippen LogP contribution is 2.39. The van der Waals surface area contributed by atoms with E-state index < -0.39 is 6.04 Å². The Balaban J connectivity index is 2.07. The number of aromatic hydroxyl groups is 1. The van der Waals surface area contributed by atoms with Crippen molar-refractivity contribution in [2.75, 3.05) is 6.54 Å². The molecule has 0 saturated heterocycles. The fourth-order valence-corrected chi connectivity index (χ4v) is 3.88. The van der Waals surface area contributed by atoms with Crippen LogP contribution in [0.1, 0.15) is 38.9 Å². The summed E-state index contributed by atoms with van der Waals surface area (Å²) in [5.41, 5.74) is 2.94. The number of phenols is 1. The van der Waals surface area contributed by atoms with E-state index >= 15 is 0 Å². The number of aryl methyl sites for hydroxylation is 2. The number of amides is 1. The van der Waals surface area contributed by atoms with E-state index in [1.807, 2.05) is 19.9 Å². The van der Waals surface area contributed by atoms with Crippen LogP contribution in [0.15, 0.2) is 58.3 Å². The zero-order chi connectivity index (χ0) is 19.3. The van der Waals surface area contributed by atoms with E-state index in [2.05, 4.69) is 6.58 Å². The Morgan fingerprint density at radius 1 is 1.22 bits per heavy atom. The largest absolute Gasteiger partial charge is 0.508 e. The van der Waals surface area contributed by atoms with Crippen molar-refractivity contribution in [3.8, 4) is 5.75 Å². The van der Waals surface area contributed by atoms with Gasteiger partial charge >= 0.3 is 0 Å². The number of nitrogens with zero attached hydrogens (tertiary/aromatic N) is 1. The Kier molecular flexibility index (Phi) is 3.88. The molecule has 1 aliphatic rings. The second-order valence-corrected chi connectivity index (χ2v) is 6.87. The molecule has 1 aliphatic heterocycles. The van der Waals surface area contributed by atoms with Gasteiger partial charge in [0.2, 0.25) is 5.76 Å². The summed E-state index contributed by atoms with van der Waals surface area (Å²) in [4.78, 5) is 27.9. The summed E-state index contributed by atoms with van der Waals surface area (Å²) in [5, 5.41) is 10.4. The average Bonchev–Trinajstić information content (AvgIpc) is 2.88. The Morgan fingerprint density at radius 2 is 2.00 bits per heavy atom. The molecule has 2 aromatic carbocycles. The number of carbonyl (C=O) groups excluding carboxylic acids is 1. The second kappa shape index (κ2) is 6.13. The third-order valence-corrected chi connectivity index (χ3v) is 4.92. The molecule has 0 fully saturated rings. The number of carbonyl (C=O) groups is 1. The minimum absolute atomic E-state index is 0.0627. The standard InChI is InChI=1S/C22H19NO4/c1-4-8-23-19(14-6-5-7-15(24)11-14)18-20(25)17-13(3)9-12(2)10-16(17)27-21(18)22(23)26/h4-7,9-11,19,24H,1,8H2,2-3H3. The molecule has 27 heavy (non-hydrogen) atoms. The number of fused-ring (bicyclic) bond motifs is 2. The molecule has 0 spiro atoms. The Bertz CT molecular complexity index is 1160. The van der Waals surface area contributed by atoms with Crippen molar-refractivity contribution in [3.05, 3.63) is 87.3 Å². The summed E-state index contributed by atoms with van der Waals surface area (Å²) in [6.07, 6.45) is 1.61. The molecular weight excluding hydrogens is 342 g/mol. The van der Waals surface area contributed by atoms with Gasteiger partial charge in [0.25, 0.3) is 5.91 Å². The molecule has 2 heterocycles. The number of phenolic OH excluding ortho intramolecular Hbond substituents is 1. The van der Waals surface area contributed by atoms with Gasteiger partial charge < -0.3 is 14.4 Å². The predicted octanol–water partition coefficient (Wildman–Crippen LogP) is 3.85. The fourth-order valence-electron chi connectivity index (χ4n) is 3.88. The zero-order valence-electron chi connectivity index (χ0n) is 15.2. The van der Waals surface area contributed by atoms with Gasteiger partial charge in [-0.15, -0.1) is 6.58 Å². The van der Waals surface area contributed by atoms with Crippen LogP contribution in [-0.4, -0.2) is 22.5 Å². The van der Waals surface area contributed by atoms with Crippen LogP contribution in [0.2, 0.25) is 0 Å². The summed E-state index contributed by atoms with van der Waals surface area (Å²) in [5.74, 6) is -0.215. The summed E-state index contributed by atoms with van der Waals surface area (Å²) in [6, 6.07) is 9.66. The minimum atomic E-state index is -0.626. The molecule has 4 rings (SSSR count). The molecule has 136 valence electrons. The molecule has 1 atom stereocenters. The van der Waals surface area contributed by atoms with E-state index in [1.165, 1.54) is 0 Å². The SMILES string of the molecule is C=CCN1C(=O)c2oc3cc(C)cc(C)c3c(=O)c2C1c1cccc(O)c1. The Labute approximate surface area is 156 Å². The fraction of sp³-hybridized carbons (Fsp3) is 0.182. The molecule has 1 amide bonds. The first kappa shape index (κ1) is 17.1. The Morgan fingerprint density at radius 3 is 2.70 bits per heavy atom. The molecule has 0 aliphatic carbocycles. The lowest BCUT2D eigenvalue weighted by Crippen LogP contribution is -2.29. The third kappa shape index (κ3) is 2.54. The van der Waals surface area contributed by atoms with Crippen LogP contribution >= 0.6 is 0 Å². The highest BCUT2D eigenvalue weighted by molar-refractivity contribution is 5.99. The van der Waals surface area contributed by atoms with Crippen LogP contribution in [0.5, 0.6) is 5.75 Å². The smallest absolute Gasteiger partial charge is 0.291 e. The molecule has 1 aromatic heterocycles. The van der Waals surface area contributed by atoms with Gasteiger partial charge in [0.05, 0.1) is 17.0 Å². The molecule has 0 radical (unpaired) electrons. The summed E-state index contributed by atoms with van der Waals surface area (Å²) < 4.78 is 5.93. The van der Waals surface area contributed by atoms with Crippen LogP contribution in [-0.2, 0) is 0 Å². The number of benzene rings is 2. The lowest BCUT2D eigenvalue weighted by atomic mass is 9.97. The van der Waals surface area contributed by atoms with Gasteiger partial charge in [-0.05, 0) is 48.7 Å². The quantitative estimate of drug-likeness (QED) is 0.720. The monoisotopic (exact) mass is 361 g/mol. The first-order chi connectivity index (χ1) is 12.9. The van der Waals surface area contributed by atoms with E-state index in [-0.39, 0.29) is 29.4 Å². The van der Waals surface area contributed by atoms with Crippen LogP contribution in [0, 0.1) is 13.8 Å². The zero-order valence-corrected chi connectivity index (χ0v) is 15.2. The molecule has 0 saturated carbocycles. The van der Waals surface area contributed by atoms with Gasteiger partial charge in [-0.25, -0.2) is 0 Å². The third-order valence-electron chi connectivity index (χ3n) is 4.92. The number of rotatable bonds is 3. The Hall–Kier alpha value is -3.34. The summed E-state index contributed by atoms with van der Waals surface area (Å²) >= 11 is 0. The van der Waals surface area contributed by atoms with E-state index in [0.717, 1.165) is 11.1 Å². The number of hydrogen-bond donors (Lipinski definition) is 1. The molecule has 1 unspecified atom stereocenters. The van der Waals surface area contributed by atoms with Crippen molar-refractivity contribution < 1.29 is 14.3 Å². The maximum absolute atomic E-state index is 13.4. The minimum Gasteiger partial charge on any atom is -0.508 e. The maximum Gasteiger partial charge on any atom is 0.291 e. The first-order valence-electron chi connectivity index (χ1n) is 8.71. The highest BCUT2D eigenvalue weighted by atomic mass is 16.3. The molecule has 1 N–H and O–H groups in total. The van der Waals surface area contributed by atoms with Crippen molar-refractivity contribution in [2.45, 2.75) is 19.9 Å². The van der Waals surface area contributed by atoms with Crippen LogP contribution in [0.4, 0.5) is 0 Å². The molecular formula is C22H19NO4. The lowest BCUT2D eigenvalue weighted by molar-refractivity contribution is 0.0748. The van der Waals surface area contributed by atoms with Gasteiger partial charge in [0.15, 0.2) is 5.43 Å². The van der Waals surface area contributed by atoms with Crippen molar-refractivity contribution in [2.24, 2.45) is 0 Å². The molecule has 0 bridgehead atoms. The summed E-state index contributed by atoms with van der Waals surface area (Å²) in [6.45, 7) is 7.76. The first-order valence-corrected chi connectivity index (χ1v) is 8.71. The number of hydrogen-bond acceptors (Lipinski definition) is 4. The van der Waals surface area contributed by atoms with Crippen molar-refractivity contribution >= 4 is 16.9 Å². The summed E-state index contributed by atoms with van der Waals surface area (Å²) in [7, 11) is 0. The second-order valence-electron chi connectivity index (χ2n) is 6.87. The average molecular weight is 361 g/mol. The molecule has 5 heteroatoms.